The molecule has 74 valence electrons. The molecule has 0 radical (unpaired) electrons. The van der Waals surface area contributed by atoms with Crippen LogP contribution in [0.4, 0.5) is 5.69 Å². The van der Waals surface area contributed by atoms with Crippen LogP contribution in [0, 0.1) is 0 Å². The molecule has 0 aromatic heterocycles. The van der Waals surface area contributed by atoms with E-state index in [1.807, 2.05) is 6.07 Å². The van der Waals surface area contributed by atoms with Crippen LogP contribution in [-0.4, -0.2) is 12.5 Å². The van der Waals surface area contributed by atoms with Gasteiger partial charge in [-0.05, 0) is 30.2 Å². The molecular formula is C10H13N3O. The molecule has 0 aliphatic carbocycles. The first-order chi connectivity index (χ1) is 6.68. The van der Waals surface area contributed by atoms with E-state index in [1.54, 1.807) is 12.1 Å². The van der Waals surface area contributed by atoms with Crippen LogP contribution < -0.4 is 16.8 Å². The molecule has 1 aromatic carbocycles. The Labute approximate surface area is 82.3 Å². The average Bonchev–Trinajstić information content (AvgIpc) is 2.18. The lowest BCUT2D eigenvalue weighted by Gasteiger charge is -2.23. The number of carbonyl (C=O) groups is 1. The second-order valence-electron chi connectivity index (χ2n) is 3.49. The van der Waals surface area contributed by atoms with Gasteiger partial charge in [0.05, 0.1) is 0 Å². The Kier molecular flexibility index (Phi) is 2.13. The summed E-state index contributed by atoms with van der Waals surface area (Å²) in [5.74, 6) is -0.412. The van der Waals surface area contributed by atoms with Crippen LogP contribution in [0.5, 0.6) is 0 Å². The second kappa shape index (κ2) is 3.31. The summed E-state index contributed by atoms with van der Waals surface area (Å²) in [6.45, 7) is 0.879. The fourth-order valence-electron chi connectivity index (χ4n) is 1.70. The van der Waals surface area contributed by atoms with E-state index in [9.17, 15) is 4.79 Å². The summed E-state index contributed by atoms with van der Waals surface area (Å²) in [7, 11) is 0. The van der Waals surface area contributed by atoms with E-state index in [0.29, 0.717) is 5.56 Å². The molecule has 1 aliphatic rings. The number of primary amides is 1. The van der Waals surface area contributed by atoms with E-state index in [0.717, 1.165) is 24.2 Å². The van der Waals surface area contributed by atoms with Gasteiger partial charge in [0, 0.05) is 23.8 Å². The third-order valence-corrected chi connectivity index (χ3v) is 2.51. The Morgan fingerprint density at radius 1 is 1.50 bits per heavy atom. The fourth-order valence-corrected chi connectivity index (χ4v) is 1.70. The van der Waals surface area contributed by atoms with Gasteiger partial charge in [0.25, 0.3) is 0 Å². The van der Waals surface area contributed by atoms with Gasteiger partial charge >= 0.3 is 0 Å². The average molecular weight is 191 g/mol. The van der Waals surface area contributed by atoms with Crippen molar-refractivity contribution in [1.82, 2.24) is 0 Å². The van der Waals surface area contributed by atoms with Crippen molar-refractivity contribution in [2.75, 3.05) is 11.9 Å². The normalized spacial score (nSPS) is 19.6. The minimum Gasteiger partial charge on any atom is -0.385 e. The summed E-state index contributed by atoms with van der Waals surface area (Å²) < 4.78 is 0. The summed E-state index contributed by atoms with van der Waals surface area (Å²) in [5, 5.41) is 3.23. The summed E-state index contributed by atoms with van der Waals surface area (Å²) in [5.41, 5.74) is 13.6. The summed E-state index contributed by atoms with van der Waals surface area (Å²) in [6, 6.07) is 5.35. The Morgan fingerprint density at radius 2 is 2.29 bits per heavy atom. The number of hydrogen-bond acceptors (Lipinski definition) is 3. The van der Waals surface area contributed by atoms with Crippen molar-refractivity contribution in [2.45, 2.75) is 12.5 Å². The molecule has 4 heteroatoms. The van der Waals surface area contributed by atoms with Crippen molar-refractivity contribution >= 4 is 11.6 Å². The van der Waals surface area contributed by atoms with E-state index in [4.69, 9.17) is 11.5 Å². The molecule has 0 fully saturated rings. The molecule has 0 spiro atoms. The molecule has 14 heavy (non-hydrogen) atoms. The van der Waals surface area contributed by atoms with Crippen molar-refractivity contribution in [3.8, 4) is 0 Å². The predicted molar refractivity (Wildman–Crippen MR) is 55.0 cm³/mol. The number of carbonyl (C=O) groups excluding carboxylic acids is 1. The monoisotopic (exact) mass is 191 g/mol. The number of benzene rings is 1. The molecule has 1 atom stereocenters. The molecule has 1 unspecified atom stereocenters. The van der Waals surface area contributed by atoms with Crippen molar-refractivity contribution in [2.24, 2.45) is 11.5 Å². The Hall–Kier alpha value is -1.55. The first-order valence-corrected chi connectivity index (χ1v) is 4.61. The smallest absolute Gasteiger partial charge is 0.248 e. The molecule has 5 N–H and O–H groups in total. The van der Waals surface area contributed by atoms with Gasteiger partial charge in [0.1, 0.15) is 0 Å². The predicted octanol–water partition coefficient (Wildman–Crippen LogP) is 0.601. The number of amides is 1. The van der Waals surface area contributed by atoms with Crippen LogP contribution in [0.1, 0.15) is 28.4 Å². The Morgan fingerprint density at radius 3 is 3.00 bits per heavy atom. The highest BCUT2D eigenvalue weighted by Crippen LogP contribution is 2.28. The third kappa shape index (κ3) is 1.44. The molecule has 0 bridgehead atoms. The van der Waals surface area contributed by atoms with Crippen molar-refractivity contribution in [3.63, 3.8) is 0 Å². The number of nitrogens with one attached hydrogen (secondary N) is 1. The maximum atomic E-state index is 11.0. The summed E-state index contributed by atoms with van der Waals surface area (Å²) >= 11 is 0. The maximum Gasteiger partial charge on any atom is 0.248 e. The topological polar surface area (TPSA) is 81.1 Å². The van der Waals surface area contributed by atoms with Gasteiger partial charge in [-0.1, -0.05) is 0 Å². The molecule has 0 saturated heterocycles. The number of fused-ring (bicyclic) bond motifs is 1. The van der Waals surface area contributed by atoms with Crippen LogP contribution in [0.25, 0.3) is 0 Å². The zero-order valence-electron chi connectivity index (χ0n) is 7.79. The first kappa shape index (κ1) is 9.02. The number of anilines is 1. The fraction of sp³-hybridized carbons (Fsp3) is 0.300. The minimum atomic E-state index is -0.412. The van der Waals surface area contributed by atoms with E-state index >= 15 is 0 Å². The molecule has 1 aromatic rings. The van der Waals surface area contributed by atoms with E-state index in [2.05, 4.69) is 5.32 Å². The minimum absolute atomic E-state index is 0.00514. The van der Waals surface area contributed by atoms with Crippen LogP contribution in [0.2, 0.25) is 0 Å². The lowest BCUT2D eigenvalue weighted by atomic mass is 9.96. The highest BCUT2D eigenvalue weighted by Gasteiger charge is 2.17. The molecule has 2 rings (SSSR count). The van der Waals surface area contributed by atoms with Crippen LogP contribution in [0.15, 0.2) is 18.2 Å². The zero-order chi connectivity index (χ0) is 10.1. The van der Waals surface area contributed by atoms with Crippen LogP contribution >= 0.6 is 0 Å². The van der Waals surface area contributed by atoms with Gasteiger partial charge in [-0.3, -0.25) is 4.79 Å². The maximum absolute atomic E-state index is 11.0. The number of nitrogens with two attached hydrogens (primary N) is 2. The second-order valence-corrected chi connectivity index (χ2v) is 3.49. The zero-order valence-corrected chi connectivity index (χ0v) is 7.79. The quantitative estimate of drug-likeness (QED) is 0.608. The summed E-state index contributed by atoms with van der Waals surface area (Å²) in [6.07, 6.45) is 0.884. The van der Waals surface area contributed by atoms with Gasteiger partial charge in [0.2, 0.25) is 5.91 Å². The van der Waals surface area contributed by atoms with Gasteiger partial charge in [-0.15, -0.1) is 0 Å². The highest BCUT2D eigenvalue weighted by atomic mass is 16.1. The third-order valence-electron chi connectivity index (χ3n) is 2.51. The number of rotatable bonds is 1. The molecule has 1 aliphatic heterocycles. The molecule has 0 saturated carbocycles. The molecular weight excluding hydrogens is 178 g/mol. The lowest BCUT2D eigenvalue weighted by Crippen LogP contribution is -2.23. The van der Waals surface area contributed by atoms with Gasteiger partial charge in [-0.2, -0.15) is 0 Å². The molecule has 4 nitrogen and oxygen atoms in total. The Bertz CT molecular complexity index is 376. The van der Waals surface area contributed by atoms with Crippen molar-refractivity contribution < 1.29 is 4.79 Å². The van der Waals surface area contributed by atoms with Gasteiger partial charge < -0.3 is 16.8 Å². The van der Waals surface area contributed by atoms with E-state index in [1.165, 1.54) is 0 Å². The lowest BCUT2D eigenvalue weighted by molar-refractivity contribution is 0.1000. The highest BCUT2D eigenvalue weighted by molar-refractivity contribution is 5.93. The first-order valence-electron chi connectivity index (χ1n) is 4.61. The standard InChI is InChI=1S/C10H13N3O/c11-8-3-4-13-9-2-1-6(10(12)14)5-7(8)9/h1-2,5,8,13H,3-4,11H2,(H2,12,14). The molecule has 1 amide bonds. The van der Waals surface area contributed by atoms with Crippen LogP contribution in [-0.2, 0) is 0 Å². The van der Waals surface area contributed by atoms with Gasteiger partial charge in [0.15, 0.2) is 0 Å². The largest absolute Gasteiger partial charge is 0.385 e. The Balaban J connectivity index is 2.45. The van der Waals surface area contributed by atoms with Crippen LogP contribution in [0.3, 0.4) is 0 Å². The van der Waals surface area contributed by atoms with Crippen molar-refractivity contribution in [1.29, 1.82) is 0 Å². The van der Waals surface area contributed by atoms with E-state index in [-0.39, 0.29) is 6.04 Å². The van der Waals surface area contributed by atoms with Crippen molar-refractivity contribution in [3.05, 3.63) is 29.3 Å². The summed E-state index contributed by atoms with van der Waals surface area (Å²) in [4.78, 5) is 11.0. The van der Waals surface area contributed by atoms with E-state index < -0.39 is 5.91 Å². The SMILES string of the molecule is NC(=O)c1ccc2c(c1)C(N)CCN2. The number of hydrogen-bond donors (Lipinski definition) is 3. The molecule has 1 heterocycles. The van der Waals surface area contributed by atoms with Gasteiger partial charge in [-0.25, -0.2) is 0 Å².